The molecule has 1 amide bonds. The molecule has 0 aromatic rings. The number of carbonyl (C=O) groups excluding carboxylic acids is 1. The summed E-state index contributed by atoms with van der Waals surface area (Å²) in [5.41, 5.74) is 6.05. The van der Waals surface area contributed by atoms with Gasteiger partial charge in [0.15, 0.2) is 0 Å². The third-order valence-corrected chi connectivity index (χ3v) is 5.97. The molecule has 2 aliphatic carbocycles. The van der Waals surface area contributed by atoms with Gasteiger partial charge in [-0.3, -0.25) is 4.79 Å². The first-order valence-electron chi connectivity index (χ1n) is 8.05. The van der Waals surface area contributed by atoms with Gasteiger partial charge >= 0.3 is 0 Å². The van der Waals surface area contributed by atoms with Crippen LogP contribution in [0.3, 0.4) is 0 Å². The second-order valence-electron chi connectivity index (χ2n) is 7.86. The molecule has 4 nitrogen and oxygen atoms in total. The smallest absolute Gasteiger partial charge is 0.225 e. The van der Waals surface area contributed by atoms with Gasteiger partial charge < -0.3 is 15.8 Å². The quantitative estimate of drug-likeness (QED) is 0.821. The molecule has 0 aromatic heterocycles. The standard InChI is InChI=1S/C16H28N2O2.ClH/c1-15(2)12(10-7-9-20-13(10)15)18-14(19)11-6-4-5-8-16(11,3)17;/h10-13H,4-9,17H2,1-3H3,(H,18,19);1H. The van der Waals surface area contributed by atoms with Crippen LogP contribution in [0.25, 0.3) is 0 Å². The molecule has 3 aliphatic rings. The minimum Gasteiger partial charge on any atom is -0.377 e. The highest BCUT2D eigenvalue weighted by molar-refractivity contribution is 5.85. The maximum Gasteiger partial charge on any atom is 0.225 e. The van der Waals surface area contributed by atoms with Crippen LogP contribution < -0.4 is 11.1 Å². The minimum atomic E-state index is -0.345. The van der Waals surface area contributed by atoms with E-state index in [1.807, 2.05) is 6.92 Å². The molecule has 1 heterocycles. The van der Waals surface area contributed by atoms with Gasteiger partial charge in [-0.1, -0.05) is 26.7 Å². The van der Waals surface area contributed by atoms with Crippen LogP contribution in [0.4, 0.5) is 0 Å². The van der Waals surface area contributed by atoms with Gasteiger partial charge in [-0.05, 0) is 26.2 Å². The summed E-state index contributed by atoms with van der Waals surface area (Å²) in [6.07, 6.45) is 5.54. The molecule has 0 spiro atoms. The van der Waals surface area contributed by atoms with Crippen LogP contribution in [0.1, 0.15) is 52.9 Å². The van der Waals surface area contributed by atoms with Crippen LogP contribution in [0, 0.1) is 17.3 Å². The Labute approximate surface area is 134 Å². The maximum absolute atomic E-state index is 12.7. The van der Waals surface area contributed by atoms with E-state index < -0.39 is 0 Å². The summed E-state index contributed by atoms with van der Waals surface area (Å²) < 4.78 is 5.79. The summed E-state index contributed by atoms with van der Waals surface area (Å²) in [6.45, 7) is 7.27. The van der Waals surface area contributed by atoms with Crippen molar-refractivity contribution in [2.45, 2.75) is 70.6 Å². The fourth-order valence-electron chi connectivity index (χ4n) is 4.66. The molecule has 3 fully saturated rings. The molecule has 0 bridgehead atoms. The fraction of sp³-hybridized carbons (Fsp3) is 0.938. The molecular weight excluding hydrogens is 288 g/mol. The predicted molar refractivity (Wildman–Crippen MR) is 85.4 cm³/mol. The van der Waals surface area contributed by atoms with Crippen molar-refractivity contribution < 1.29 is 9.53 Å². The number of halogens is 1. The van der Waals surface area contributed by atoms with Gasteiger partial charge in [-0.15, -0.1) is 12.4 Å². The average molecular weight is 317 g/mol. The van der Waals surface area contributed by atoms with E-state index in [1.54, 1.807) is 0 Å². The molecule has 1 saturated heterocycles. The zero-order valence-corrected chi connectivity index (χ0v) is 14.2. The molecule has 0 radical (unpaired) electrons. The van der Waals surface area contributed by atoms with Crippen LogP contribution in [-0.4, -0.2) is 30.2 Å². The van der Waals surface area contributed by atoms with Gasteiger partial charge in [-0.2, -0.15) is 0 Å². The van der Waals surface area contributed by atoms with Crippen molar-refractivity contribution in [3.8, 4) is 0 Å². The summed E-state index contributed by atoms with van der Waals surface area (Å²) in [5.74, 6) is 0.633. The first-order chi connectivity index (χ1) is 9.34. The van der Waals surface area contributed by atoms with Crippen LogP contribution in [0.5, 0.6) is 0 Å². The lowest BCUT2D eigenvalue weighted by atomic mass is 9.57. The Balaban J connectivity index is 0.00000161. The number of amides is 1. The molecule has 0 aromatic carbocycles. The van der Waals surface area contributed by atoms with E-state index in [-0.39, 0.29) is 41.2 Å². The van der Waals surface area contributed by atoms with E-state index in [0.717, 1.165) is 38.7 Å². The number of ether oxygens (including phenoxy) is 1. The van der Waals surface area contributed by atoms with E-state index in [9.17, 15) is 4.79 Å². The predicted octanol–water partition coefficient (Wildman–Crippen LogP) is 2.25. The average Bonchev–Trinajstić information content (AvgIpc) is 2.82. The first kappa shape index (κ1) is 17.0. The van der Waals surface area contributed by atoms with Crippen molar-refractivity contribution in [2.75, 3.05) is 6.61 Å². The van der Waals surface area contributed by atoms with Gasteiger partial charge in [0.05, 0.1) is 12.0 Å². The maximum atomic E-state index is 12.7. The molecule has 2 saturated carbocycles. The molecule has 21 heavy (non-hydrogen) atoms. The lowest BCUT2D eigenvalue weighted by Gasteiger charge is -2.55. The topological polar surface area (TPSA) is 64.4 Å². The summed E-state index contributed by atoms with van der Waals surface area (Å²) in [6, 6.07) is 0.250. The van der Waals surface area contributed by atoms with Crippen LogP contribution >= 0.6 is 12.4 Å². The number of nitrogens with two attached hydrogens (primary N) is 1. The van der Waals surface area contributed by atoms with Crippen molar-refractivity contribution in [1.29, 1.82) is 0 Å². The SMILES string of the molecule is CC1(N)CCCCC1C(=O)NC1C2CCOC2C1(C)C.Cl. The van der Waals surface area contributed by atoms with Crippen LogP contribution in [0.2, 0.25) is 0 Å². The summed E-state index contributed by atoms with van der Waals surface area (Å²) in [4.78, 5) is 12.7. The third-order valence-electron chi connectivity index (χ3n) is 5.97. The van der Waals surface area contributed by atoms with Gasteiger partial charge in [0.1, 0.15) is 0 Å². The van der Waals surface area contributed by atoms with Gasteiger partial charge in [0.2, 0.25) is 5.91 Å². The Kier molecular flexibility index (Phi) is 4.63. The van der Waals surface area contributed by atoms with Gasteiger partial charge in [0.25, 0.3) is 0 Å². The lowest BCUT2D eigenvalue weighted by Crippen LogP contribution is -2.68. The monoisotopic (exact) mass is 316 g/mol. The first-order valence-corrected chi connectivity index (χ1v) is 8.05. The molecule has 5 atom stereocenters. The second kappa shape index (κ2) is 5.71. The molecule has 3 rings (SSSR count). The number of rotatable bonds is 2. The molecule has 122 valence electrons. The van der Waals surface area contributed by atoms with Gasteiger partial charge in [0, 0.05) is 29.5 Å². The molecule has 5 unspecified atom stereocenters. The summed E-state index contributed by atoms with van der Waals surface area (Å²) in [7, 11) is 0. The van der Waals surface area contributed by atoms with Crippen molar-refractivity contribution in [3.63, 3.8) is 0 Å². The zero-order chi connectivity index (χ0) is 14.5. The second-order valence-corrected chi connectivity index (χ2v) is 7.86. The Morgan fingerprint density at radius 3 is 2.62 bits per heavy atom. The van der Waals surface area contributed by atoms with E-state index in [0.29, 0.717) is 12.0 Å². The molecule has 3 N–H and O–H groups in total. The normalized spacial score (nSPS) is 44.2. The van der Waals surface area contributed by atoms with E-state index in [2.05, 4.69) is 19.2 Å². The number of hydrogen-bond donors (Lipinski definition) is 2. The fourth-order valence-corrected chi connectivity index (χ4v) is 4.66. The Bertz CT molecular complexity index is 411. The van der Waals surface area contributed by atoms with Crippen molar-refractivity contribution in [2.24, 2.45) is 23.0 Å². The van der Waals surface area contributed by atoms with E-state index >= 15 is 0 Å². The van der Waals surface area contributed by atoms with Crippen LogP contribution in [-0.2, 0) is 9.53 Å². The Morgan fingerprint density at radius 2 is 1.95 bits per heavy atom. The third kappa shape index (κ3) is 2.71. The van der Waals surface area contributed by atoms with Crippen molar-refractivity contribution >= 4 is 18.3 Å². The Hall–Kier alpha value is -0.320. The molecular formula is C16H29ClN2O2. The summed E-state index contributed by atoms with van der Waals surface area (Å²) in [5, 5.41) is 3.30. The molecule has 1 aliphatic heterocycles. The highest BCUT2D eigenvalue weighted by Gasteiger charge is 2.60. The number of nitrogens with one attached hydrogen (secondary N) is 1. The highest BCUT2D eigenvalue weighted by Crippen LogP contribution is 2.52. The zero-order valence-electron chi connectivity index (χ0n) is 13.4. The number of carbonyl (C=O) groups is 1. The van der Waals surface area contributed by atoms with E-state index in [4.69, 9.17) is 10.5 Å². The van der Waals surface area contributed by atoms with Crippen molar-refractivity contribution in [3.05, 3.63) is 0 Å². The number of fused-ring (bicyclic) bond motifs is 1. The lowest BCUT2D eigenvalue weighted by molar-refractivity contribution is -0.143. The number of hydrogen-bond acceptors (Lipinski definition) is 3. The highest BCUT2D eigenvalue weighted by atomic mass is 35.5. The Morgan fingerprint density at radius 1 is 1.24 bits per heavy atom. The van der Waals surface area contributed by atoms with Crippen molar-refractivity contribution in [1.82, 2.24) is 5.32 Å². The minimum absolute atomic E-state index is 0. The van der Waals surface area contributed by atoms with Gasteiger partial charge in [-0.25, -0.2) is 0 Å². The molecule has 5 heteroatoms. The summed E-state index contributed by atoms with van der Waals surface area (Å²) >= 11 is 0. The van der Waals surface area contributed by atoms with E-state index in [1.165, 1.54) is 0 Å². The largest absolute Gasteiger partial charge is 0.377 e. The van der Waals surface area contributed by atoms with Crippen LogP contribution in [0.15, 0.2) is 0 Å².